The molecule has 1 heterocycles. The van der Waals surface area contributed by atoms with Gasteiger partial charge in [-0.15, -0.1) is 0 Å². The van der Waals surface area contributed by atoms with E-state index in [0.29, 0.717) is 5.92 Å². The van der Waals surface area contributed by atoms with E-state index < -0.39 is 6.09 Å². The number of ether oxygens (including phenoxy) is 1. The normalized spacial score (nSPS) is 25.7. The van der Waals surface area contributed by atoms with Crippen LogP contribution in [-0.2, 0) is 9.53 Å². The zero-order chi connectivity index (χ0) is 17.8. The maximum Gasteiger partial charge on any atom is 0.417 e. The first-order valence-electron chi connectivity index (χ1n) is 9.70. The molecular formula is C21H29NO3. The van der Waals surface area contributed by atoms with Crippen molar-refractivity contribution in [2.45, 2.75) is 70.9 Å². The first-order chi connectivity index (χ1) is 12.1. The molecule has 2 amide bonds. The lowest BCUT2D eigenvalue weighted by molar-refractivity contribution is -0.134. The minimum absolute atomic E-state index is 0.0518. The zero-order valence-corrected chi connectivity index (χ0v) is 15.3. The van der Waals surface area contributed by atoms with Crippen molar-refractivity contribution in [2.24, 2.45) is 11.8 Å². The standard InChI is InChI=1S/C21H29NO3/c1-3-17(14-16-10-6-4-7-11-16)20(23)22-15(2)19(25-21(22)24)18-12-8-5-9-13-18/h5,8-9,12-13,15-17,19H,3-4,6-7,10-11,14H2,1-2H3. The molecule has 1 saturated heterocycles. The molecule has 2 fully saturated rings. The number of nitrogens with zero attached hydrogens (tertiary/aromatic N) is 1. The second-order valence-corrected chi connectivity index (χ2v) is 7.51. The number of carbonyl (C=O) groups excluding carboxylic acids is 2. The van der Waals surface area contributed by atoms with Crippen LogP contribution in [0.5, 0.6) is 0 Å². The highest BCUT2D eigenvalue weighted by Gasteiger charge is 2.45. The topological polar surface area (TPSA) is 46.6 Å². The summed E-state index contributed by atoms with van der Waals surface area (Å²) < 4.78 is 5.54. The predicted octanol–water partition coefficient (Wildman–Crippen LogP) is 5.09. The SMILES string of the molecule is CCC(CC1CCCCC1)C(=O)N1C(=O)OC(c2ccccc2)C1C. The number of carbonyl (C=O) groups is 2. The van der Waals surface area contributed by atoms with Crippen LogP contribution in [0.25, 0.3) is 0 Å². The summed E-state index contributed by atoms with van der Waals surface area (Å²) in [6, 6.07) is 9.42. The van der Waals surface area contributed by atoms with Crippen LogP contribution in [0, 0.1) is 11.8 Å². The fourth-order valence-corrected chi connectivity index (χ4v) is 4.31. The molecule has 0 radical (unpaired) electrons. The van der Waals surface area contributed by atoms with Gasteiger partial charge in [0.15, 0.2) is 0 Å². The van der Waals surface area contributed by atoms with Crippen molar-refractivity contribution in [1.29, 1.82) is 0 Å². The third-order valence-corrected chi connectivity index (χ3v) is 5.82. The molecule has 0 spiro atoms. The average Bonchev–Trinajstić information content (AvgIpc) is 2.95. The van der Waals surface area contributed by atoms with Crippen LogP contribution in [0.15, 0.2) is 30.3 Å². The summed E-state index contributed by atoms with van der Waals surface area (Å²) >= 11 is 0. The summed E-state index contributed by atoms with van der Waals surface area (Å²) in [7, 11) is 0. The van der Waals surface area contributed by atoms with Gasteiger partial charge < -0.3 is 4.74 Å². The van der Waals surface area contributed by atoms with Gasteiger partial charge >= 0.3 is 6.09 Å². The summed E-state index contributed by atoms with van der Waals surface area (Å²) in [6.45, 7) is 3.96. The van der Waals surface area contributed by atoms with E-state index in [9.17, 15) is 9.59 Å². The van der Waals surface area contributed by atoms with Crippen molar-refractivity contribution >= 4 is 12.0 Å². The predicted molar refractivity (Wildman–Crippen MR) is 96.9 cm³/mol. The Balaban J connectivity index is 1.70. The molecule has 1 aliphatic carbocycles. The molecule has 1 aromatic rings. The van der Waals surface area contributed by atoms with E-state index in [0.717, 1.165) is 18.4 Å². The minimum atomic E-state index is -0.492. The number of amides is 2. The van der Waals surface area contributed by atoms with Crippen LogP contribution in [-0.4, -0.2) is 22.9 Å². The van der Waals surface area contributed by atoms with Crippen molar-refractivity contribution in [2.75, 3.05) is 0 Å². The Bertz CT molecular complexity index is 594. The number of cyclic esters (lactones) is 1. The number of hydrogen-bond donors (Lipinski definition) is 0. The van der Waals surface area contributed by atoms with Crippen LogP contribution < -0.4 is 0 Å². The van der Waals surface area contributed by atoms with E-state index in [2.05, 4.69) is 0 Å². The Hall–Kier alpha value is -1.84. The molecule has 1 aromatic carbocycles. The van der Waals surface area contributed by atoms with E-state index >= 15 is 0 Å². The summed E-state index contributed by atoms with van der Waals surface area (Å²) in [5.41, 5.74) is 0.943. The number of benzene rings is 1. The molecule has 3 rings (SSSR count). The lowest BCUT2D eigenvalue weighted by Gasteiger charge is -2.28. The highest BCUT2D eigenvalue weighted by Crippen LogP contribution is 2.36. The van der Waals surface area contributed by atoms with E-state index in [1.165, 1.54) is 37.0 Å². The second kappa shape index (κ2) is 8.03. The maximum atomic E-state index is 13.1. The summed E-state index contributed by atoms with van der Waals surface area (Å²) in [5, 5.41) is 0. The lowest BCUT2D eigenvalue weighted by atomic mass is 9.81. The molecule has 136 valence electrons. The molecule has 3 unspecified atom stereocenters. The van der Waals surface area contributed by atoms with Gasteiger partial charge in [-0.2, -0.15) is 0 Å². The molecule has 4 heteroatoms. The number of hydrogen-bond acceptors (Lipinski definition) is 3. The Morgan fingerprint density at radius 3 is 2.52 bits per heavy atom. The van der Waals surface area contributed by atoms with Gasteiger partial charge in [-0.25, -0.2) is 9.69 Å². The highest BCUT2D eigenvalue weighted by molar-refractivity contribution is 5.95. The fourth-order valence-electron chi connectivity index (χ4n) is 4.31. The quantitative estimate of drug-likeness (QED) is 0.748. The third-order valence-electron chi connectivity index (χ3n) is 5.82. The molecule has 2 aliphatic rings. The van der Waals surface area contributed by atoms with Gasteiger partial charge in [0.2, 0.25) is 5.91 Å². The molecule has 1 saturated carbocycles. The van der Waals surface area contributed by atoms with E-state index in [1.54, 1.807) is 0 Å². The van der Waals surface area contributed by atoms with Crippen molar-refractivity contribution in [3.05, 3.63) is 35.9 Å². The van der Waals surface area contributed by atoms with Crippen molar-refractivity contribution in [3.8, 4) is 0 Å². The van der Waals surface area contributed by atoms with Gasteiger partial charge in [-0.1, -0.05) is 69.4 Å². The molecular weight excluding hydrogens is 314 g/mol. The van der Waals surface area contributed by atoms with Gasteiger partial charge in [-0.3, -0.25) is 4.79 Å². The highest BCUT2D eigenvalue weighted by atomic mass is 16.6. The van der Waals surface area contributed by atoms with Gasteiger partial charge in [0.05, 0.1) is 6.04 Å². The molecule has 0 bridgehead atoms. The molecule has 4 nitrogen and oxygen atoms in total. The molecule has 3 atom stereocenters. The maximum absolute atomic E-state index is 13.1. The van der Waals surface area contributed by atoms with Gasteiger partial charge in [0, 0.05) is 5.92 Å². The van der Waals surface area contributed by atoms with Gasteiger partial charge in [0.1, 0.15) is 6.10 Å². The van der Waals surface area contributed by atoms with Crippen molar-refractivity contribution in [1.82, 2.24) is 4.90 Å². The Labute approximate surface area is 150 Å². The van der Waals surface area contributed by atoms with E-state index in [-0.39, 0.29) is 24.0 Å². The minimum Gasteiger partial charge on any atom is -0.439 e. The smallest absolute Gasteiger partial charge is 0.417 e. The number of imide groups is 1. The Morgan fingerprint density at radius 2 is 1.88 bits per heavy atom. The summed E-state index contributed by atoms with van der Waals surface area (Å²) in [5.74, 6) is 0.498. The van der Waals surface area contributed by atoms with E-state index in [1.807, 2.05) is 44.2 Å². The molecule has 25 heavy (non-hydrogen) atoms. The Morgan fingerprint density at radius 1 is 1.20 bits per heavy atom. The van der Waals surface area contributed by atoms with Crippen LogP contribution >= 0.6 is 0 Å². The monoisotopic (exact) mass is 343 g/mol. The average molecular weight is 343 g/mol. The van der Waals surface area contributed by atoms with Crippen molar-refractivity contribution < 1.29 is 14.3 Å². The van der Waals surface area contributed by atoms with Crippen molar-refractivity contribution in [3.63, 3.8) is 0 Å². The van der Waals surface area contributed by atoms with Crippen LogP contribution in [0.4, 0.5) is 4.79 Å². The number of rotatable bonds is 5. The first-order valence-corrected chi connectivity index (χ1v) is 9.70. The van der Waals surface area contributed by atoms with E-state index in [4.69, 9.17) is 4.74 Å². The third kappa shape index (κ3) is 3.88. The van der Waals surface area contributed by atoms with Crippen LogP contribution in [0.3, 0.4) is 0 Å². The molecule has 0 aromatic heterocycles. The molecule has 1 aliphatic heterocycles. The van der Waals surface area contributed by atoms with Crippen LogP contribution in [0.1, 0.15) is 70.5 Å². The fraction of sp³-hybridized carbons (Fsp3) is 0.619. The first kappa shape index (κ1) is 18.0. The van der Waals surface area contributed by atoms with Crippen LogP contribution in [0.2, 0.25) is 0 Å². The largest absolute Gasteiger partial charge is 0.439 e. The lowest BCUT2D eigenvalue weighted by Crippen LogP contribution is -2.42. The summed E-state index contributed by atoms with van der Waals surface area (Å²) in [6.07, 6.45) is 7.12. The molecule has 0 N–H and O–H groups in total. The Kier molecular flexibility index (Phi) is 5.77. The second-order valence-electron chi connectivity index (χ2n) is 7.51. The van der Waals surface area contributed by atoms with Gasteiger partial charge in [0.25, 0.3) is 0 Å². The van der Waals surface area contributed by atoms with Gasteiger partial charge in [-0.05, 0) is 31.2 Å². The summed E-state index contributed by atoms with van der Waals surface area (Å²) in [4.78, 5) is 26.8. The zero-order valence-electron chi connectivity index (χ0n) is 15.3.